The fourth-order valence-corrected chi connectivity index (χ4v) is 1.87. The first-order chi connectivity index (χ1) is 9.90. The van der Waals surface area contributed by atoms with Gasteiger partial charge in [-0.15, -0.1) is 0 Å². The Balaban J connectivity index is 2.18. The maximum absolute atomic E-state index is 12.9. The third kappa shape index (κ3) is 3.81. The Morgan fingerprint density at radius 1 is 0.952 bits per heavy atom. The van der Waals surface area contributed by atoms with Crippen LogP contribution in [0.25, 0.3) is 0 Å². The summed E-state index contributed by atoms with van der Waals surface area (Å²) < 4.78 is 50.3. The minimum absolute atomic E-state index is 0.264. The summed E-state index contributed by atoms with van der Waals surface area (Å²) in [5, 5.41) is 3.63. The van der Waals surface area contributed by atoms with E-state index in [0.29, 0.717) is 16.8 Å². The monoisotopic (exact) mass is 296 g/mol. The smallest absolute Gasteiger partial charge is 0.323 e. The molecular weight excluding hydrogens is 284 g/mol. The number of benzene rings is 2. The lowest BCUT2D eigenvalue weighted by Gasteiger charge is -2.09. The van der Waals surface area contributed by atoms with E-state index in [9.17, 15) is 17.6 Å². The van der Waals surface area contributed by atoms with E-state index >= 15 is 0 Å². The molecule has 0 spiro atoms. The highest BCUT2D eigenvalue weighted by molar-refractivity contribution is 6.01. The summed E-state index contributed by atoms with van der Waals surface area (Å²) in [5.74, 6) is 4.92. The molecule has 0 amide bonds. The molecule has 2 aromatic carbocycles. The Kier molecular flexibility index (Phi) is 4.26. The molecule has 0 radical (unpaired) electrons. The molecule has 0 bridgehead atoms. The van der Waals surface area contributed by atoms with Crippen molar-refractivity contribution in [2.45, 2.75) is 12.6 Å². The van der Waals surface area contributed by atoms with Gasteiger partial charge in [-0.05, 0) is 35.4 Å². The molecule has 110 valence electrons. The van der Waals surface area contributed by atoms with E-state index in [1.807, 2.05) is 0 Å². The molecule has 0 heterocycles. The third-order valence-electron chi connectivity index (χ3n) is 2.99. The van der Waals surface area contributed by atoms with Crippen LogP contribution in [0.3, 0.4) is 0 Å². The zero-order chi connectivity index (χ0) is 15.5. The van der Waals surface area contributed by atoms with Crippen LogP contribution in [0.15, 0.2) is 53.6 Å². The second-order valence-electron chi connectivity index (χ2n) is 4.45. The van der Waals surface area contributed by atoms with Gasteiger partial charge in [-0.2, -0.15) is 18.3 Å². The molecule has 21 heavy (non-hydrogen) atoms. The second-order valence-corrected chi connectivity index (χ2v) is 4.45. The van der Waals surface area contributed by atoms with Gasteiger partial charge in [-0.1, -0.05) is 24.3 Å². The molecule has 0 saturated carbocycles. The summed E-state index contributed by atoms with van der Waals surface area (Å²) in [6.07, 6.45) is -4.10. The van der Waals surface area contributed by atoms with Crippen LogP contribution in [0.2, 0.25) is 0 Å². The van der Waals surface area contributed by atoms with Crippen LogP contribution in [-0.2, 0) is 12.6 Å². The third-order valence-corrected chi connectivity index (χ3v) is 2.99. The lowest BCUT2D eigenvalue weighted by Crippen LogP contribution is -2.09. The van der Waals surface area contributed by atoms with E-state index in [2.05, 4.69) is 5.10 Å². The number of nitrogens with two attached hydrogens (primary N) is 1. The number of hydrogen-bond donors (Lipinski definition) is 1. The highest BCUT2D eigenvalue weighted by Crippen LogP contribution is 2.29. The molecule has 6 heteroatoms. The van der Waals surface area contributed by atoms with Crippen LogP contribution in [0, 0.1) is 5.82 Å². The summed E-state index contributed by atoms with van der Waals surface area (Å²) in [4.78, 5) is 0. The van der Waals surface area contributed by atoms with Gasteiger partial charge < -0.3 is 5.84 Å². The maximum atomic E-state index is 12.9. The van der Waals surface area contributed by atoms with Gasteiger partial charge in [0.25, 0.3) is 0 Å². The van der Waals surface area contributed by atoms with Gasteiger partial charge in [-0.25, -0.2) is 4.39 Å². The molecule has 0 atom stereocenters. The van der Waals surface area contributed by atoms with Gasteiger partial charge in [0, 0.05) is 6.42 Å². The van der Waals surface area contributed by atoms with Crippen LogP contribution < -0.4 is 5.84 Å². The van der Waals surface area contributed by atoms with Gasteiger partial charge in [0.1, 0.15) is 5.82 Å². The standard InChI is InChI=1S/C15H12F4N2/c16-13-7-3-11(4-8-13)14(21-20)9-10-1-5-12(6-2-10)15(17,18)19/h1-8H,9,20H2. The van der Waals surface area contributed by atoms with Crippen molar-refractivity contribution in [1.82, 2.24) is 0 Å². The first-order valence-corrected chi connectivity index (χ1v) is 6.09. The minimum Gasteiger partial charge on any atom is -0.323 e. The van der Waals surface area contributed by atoms with Crippen LogP contribution in [0.4, 0.5) is 17.6 Å². The summed E-state index contributed by atoms with van der Waals surface area (Å²) in [6.45, 7) is 0. The predicted octanol–water partition coefficient (Wildman–Crippen LogP) is 3.75. The molecule has 0 aliphatic rings. The lowest BCUT2D eigenvalue weighted by molar-refractivity contribution is -0.137. The van der Waals surface area contributed by atoms with Crippen molar-refractivity contribution in [3.63, 3.8) is 0 Å². The SMILES string of the molecule is NN=C(Cc1ccc(C(F)(F)F)cc1)c1ccc(F)cc1. The van der Waals surface area contributed by atoms with E-state index < -0.39 is 11.7 Å². The highest BCUT2D eigenvalue weighted by Gasteiger charge is 2.29. The van der Waals surface area contributed by atoms with Gasteiger partial charge in [-0.3, -0.25) is 0 Å². The van der Waals surface area contributed by atoms with Crippen molar-refractivity contribution in [1.29, 1.82) is 0 Å². The zero-order valence-electron chi connectivity index (χ0n) is 10.9. The van der Waals surface area contributed by atoms with E-state index in [4.69, 9.17) is 5.84 Å². The Hall–Kier alpha value is -2.37. The van der Waals surface area contributed by atoms with Crippen LogP contribution in [0.5, 0.6) is 0 Å². The molecule has 2 nitrogen and oxygen atoms in total. The van der Waals surface area contributed by atoms with Crippen LogP contribution in [-0.4, -0.2) is 5.71 Å². The lowest BCUT2D eigenvalue weighted by atomic mass is 10.0. The summed E-state index contributed by atoms with van der Waals surface area (Å²) in [5.41, 5.74) is 1.02. The number of nitrogens with zero attached hydrogens (tertiary/aromatic N) is 1. The van der Waals surface area contributed by atoms with Gasteiger partial charge >= 0.3 is 6.18 Å². The average Bonchev–Trinajstić information content (AvgIpc) is 2.45. The van der Waals surface area contributed by atoms with Gasteiger partial charge in [0.15, 0.2) is 0 Å². The molecule has 0 aliphatic heterocycles. The molecule has 0 aromatic heterocycles. The van der Waals surface area contributed by atoms with Crippen molar-refractivity contribution in [3.8, 4) is 0 Å². The number of rotatable bonds is 3. The van der Waals surface area contributed by atoms with E-state index in [1.165, 1.54) is 36.4 Å². The topological polar surface area (TPSA) is 38.4 Å². The fraction of sp³-hybridized carbons (Fsp3) is 0.133. The highest BCUT2D eigenvalue weighted by atomic mass is 19.4. The number of hydrazone groups is 1. The molecule has 0 aliphatic carbocycles. The summed E-state index contributed by atoms with van der Waals surface area (Å²) in [7, 11) is 0. The zero-order valence-corrected chi connectivity index (χ0v) is 10.9. The molecular formula is C15H12F4N2. The maximum Gasteiger partial charge on any atom is 0.416 e. The van der Waals surface area contributed by atoms with Crippen molar-refractivity contribution in [3.05, 3.63) is 71.0 Å². The Morgan fingerprint density at radius 3 is 2.00 bits per heavy atom. The van der Waals surface area contributed by atoms with Crippen LogP contribution in [0.1, 0.15) is 16.7 Å². The number of halogens is 4. The first kappa shape index (κ1) is 15.0. The quantitative estimate of drug-likeness (QED) is 0.398. The minimum atomic E-state index is -4.36. The first-order valence-electron chi connectivity index (χ1n) is 6.09. The molecule has 0 saturated heterocycles. The summed E-state index contributed by atoms with van der Waals surface area (Å²) in [6, 6.07) is 10.3. The molecule has 0 fully saturated rings. The Labute approximate surface area is 118 Å². The van der Waals surface area contributed by atoms with Crippen molar-refractivity contribution in [2.75, 3.05) is 0 Å². The molecule has 2 N–H and O–H groups in total. The normalized spacial score (nSPS) is 12.5. The van der Waals surface area contributed by atoms with E-state index in [-0.39, 0.29) is 12.2 Å². The Morgan fingerprint density at radius 2 is 1.52 bits per heavy atom. The molecule has 2 aromatic rings. The van der Waals surface area contributed by atoms with Crippen molar-refractivity contribution >= 4 is 5.71 Å². The Bertz CT molecular complexity index is 628. The van der Waals surface area contributed by atoms with E-state index in [1.54, 1.807) is 0 Å². The molecule has 0 unspecified atom stereocenters. The van der Waals surface area contributed by atoms with Gasteiger partial charge in [0.05, 0.1) is 11.3 Å². The molecule has 2 rings (SSSR count). The average molecular weight is 296 g/mol. The summed E-state index contributed by atoms with van der Waals surface area (Å²) >= 11 is 0. The van der Waals surface area contributed by atoms with Crippen molar-refractivity contribution < 1.29 is 17.6 Å². The van der Waals surface area contributed by atoms with E-state index in [0.717, 1.165) is 12.1 Å². The number of alkyl halides is 3. The van der Waals surface area contributed by atoms with Gasteiger partial charge in [0.2, 0.25) is 0 Å². The van der Waals surface area contributed by atoms with Crippen LogP contribution >= 0.6 is 0 Å². The van der Waals surface area contributed by atoms with Crippen molar-refractivity contribution in [2.24, 2.45) is 10.9 Å². The fourth-order valence-electron chi connectivity index (χ4n) is 1.87. The predicted molar refractivity (Wildman–Crippen MR) is 72.3 cm³/mol. The largest absolute Gasteiger partial charge is 0.416 e. The number of hydrogen-bond acceptors (Lipinski definition) is 2. The second kappa shape index (κ2) is 5.95.